The van der Waals surface area contributed by atoms with Gasteiger partial charge in [-0.2, -0.15) is 0 Å². The summed E-state index contributed by atoms with van der Waals surface area (Å²) >= 11 is 1.81. The first-order valence-electron chi connectivity index (χ1n) is 8.51. The van der Waals surface area contributed by atoms with Gasteiger partial charge in [0.2, 0.25) is 5.13 Å². The second-order valence-electron chi connectivity index (χ2n) is 6.84. The summed E-state index contributed by atoms with van der Waals surface area (Å²) in [6.45, 7) is 2.15. The predicted molar refractivity (Wildman–Crippen MR) is 86.6 cm³/mol. The molecule has 1 saturated carbocycles. The highest BCUT2D eigenvalue weighted by Gasteiger charge is 2.31. The van der Waals surface area contributed by atoms with E-state index in [0.717, 1.165) is 18.2 Å². The number of hydrogen-bond acceptors (Lipinski definition) is 5. The fraction of sp³-hybridized carbons (Fsp3) is 0.688. The van der Waals surface area contributed by atoms with Gasteiger partial charge in [-0.1, -0.05) is 11.3 Å². The first kappa shape index (κ1) is 13.0. The van der Waals surface area contributed by atoms with Crippen LogP contribution in [0.15, 0.2) is 6.33 Å². The molecular formula is C16H21N5S. The zero-order chi connectivity index (χ0) is 14.5. The topological polar surface area (TPSA) is 46.8 Å². The lowest BCUT2D eigenvalue weighted by molar-refractivity contribution is 0.515. The Balaban J connectivity index is 1.34. The fourth-order valence-corrected chi connectivity index (χ4v) is 4.85. The molecule has 3 heterocycles. The van der Waals surface area contributed by atoms with Crippen LogP contribution < -0.4 is 4.90 Å². The quantitative estimate of drug-likeness (QED) is 0.874. The summed E-state index contributed by atoms with van der Waals surface area (Å²) in [5.74, 6) is 0.713. The van der Waals surface area contributed by atoms with Crippen LogP contribution in [0.25, 0.3) is 0 Å². The molecule has 1 atom stereocenters. The maximum absolute atomic E-state index is 4.65. The van der Waals surface area contributed by atoms with Crippen molar-refractivity contribution in [1.82, 2.24) is 19.7 Å². The van der Waals surface area contributed by atoms with E-state index < -0.39 is 0 Å². The number of imidazole rings is 1. The number of aryl methyl sites for hydroxylation is 1. The molecule has 2 aromatic rings. The molecule has 116 valence electrons. The number of fused-ring (bicyclic) bond motifs is 1. The Kier molecular flexibility index (Phi) is 2.99. The van der Waals surface area contributed by atoms with Crippen molar-refractivity contribution in [3.8, 4) is 0 Å². The third-order valence-electron chi connectivity index (χ3n) is 5.24. The van der Waals surface area contributed by atoms with Crippen LogP contribution in [-0.2, 0) is 12.8 Å². The first-order chi connectivity index (χ1) is 10.9. The zero-order valence-electron chi connectivity index (χ0n) is 12.7. The van der Waals surface area contributed by atoms with Crippen molar-refractivity contribution < 1.29 is 0 Å². The molecule has 22 heavy (non-hydrogen) atoms. The smallest absolute Gasteiger partial charge is 0.208 e. The van der Waals surface area contributed by atoms with E-state index in [1.165, 1.54) is 61.3 Å². The van der Waals surface area contributed by atoms with Crippen molar-refractivity contribution >= 4 is 16.5 Å². The van der Waals surface area contributed by atoms with Crippen LogP contribution >= 0.6 is 11.3 Å². The SMILES string of the molecule is c1nc2c(n1[C@@H]1CCN(c3nnc(C4CC4)s3)C1)CCCC2. The highest BCUT2D eigenvalue weighted by Crippen LogP contribution is 2.43. The molecule has 3 aliphatic rings. The normalized spacial score (nSPS) is 24.7. The lowest BCUT2D eigenvalue weighted by Crippen LogP contribution is -2.21. The molecule has 5 nitrogen and oxygen atoms in total. The molecule has 0 N–H and O–H groups in total. The van der Waals surface area contributed by atoms with Crippen LogP contribution in [0.5, 0.6) is 0 Å². The summed E-state index contributed by atoms with van der Waals surface area (Å²) in [5, 5.41) is 11.2. The molecular weight excluding hydrogens is 294 g/mol. The maximum atomic E-state index is 4.65. The van der Waals surface area contributed by atoms with E-state index in [4.69, 9.17) is 0 Å². The van der Waals surface area contributed by atoms with Gasteiger partial charge in [0.25, 0.3) is 0 Å². The molecule has 0 aromatic carbocycles. The third-order valence-corrected chi connectivity index (χ3v) is 6.39. The standard InChI is InChI=1S/C16H21N5S/c1-2-4-14-13(3-1)17-10-21(14)12-7-8-20(9-12)16-19-18-15(22-16)11-5-6-11/h10-12H,1-9H2/t12-/m1/s1. The molecule has 2 fully saturated rings. The molecule has 2 aromatic heterocycles. The van der Waals surface area contributed by atoms with E-state index in [1.807, 2.05) is 11.3 Å². The second-order valence-corrected chi connectivity index (χ2v) is 7.83. The van der Waals surface area contributed by atoms with Gasteiger partial charge in [-0.05, 0) is 44.9 Å². The molecule has 0 spiro atoms. The first-order valence-corrected chi connectivity index (χ1v) is 9.33. The van der Waals surface area contributed by atoms with E-state index in [2.05, 4.69) is 31.0 Å². The van der Waals surface area contributed by atoms with Gasteiger partial charge in [-0.3, -0.25) is 0 Å². The number of rotatable bonds is 3. The summed E-state index contributed by atoms with van der Waals surface area (Å²) in [6, 6.07) is 0.558. The van der Waals surface area contributed by atoms with Crippen LogP contribution in [0.4, 0.5) is 5.13 Å². The monoisotopic (exact) mass is 315 g/mol. The minimum atomic E-state index is 0.558. The van der Waals surface area contributed by atoms with Gasteiger partial charge >= 0.3 is 0 Å². The Morgan fingerprint density at radius 2 is 2.00 bits per heavy atom. The number of hydrogen-bond donors (Lipinski definition) is 0. The third kappa shape index (κ3) is 2.16. The predicted octanol–water partition coefficient (Wildman–Crippen LogP) is 2.94. The Labute approximate surface area is 134 Å². The van der Waals surface area contributed by atoms with Crippen molar-refractivity contribution in [2.45, 2.75) is 56.9 Å². The summed E-state index contributed by atoms with van der Waals surface area (Å²) < 4.78 is 2.46. The molecule has 0 unspecified atom stereocenters. The van der Waals surface area contributed by atoms with Gasteiger partial charge in [0.15, 0.2) is 0 Å². The average Bonchev–Trinajstić information content (AvgIpc) is 2.98. The molecule has 1 aliphatic heterocycles. The summed E-state index contributed by atoms with van der Waals surface area (Å²) in [4.78, 5) is 7.07. The summed E-state index contributed by atoms with van der Waals surface area (Å²) in [5.41, 5.74) is 2.84. The van der Waals surface area contributed by atoms with E-state index in [0.29, 0.717) is 12.0 Å². The number of aromatic nitrogens is 4. The van der Waals surface area contributed by atoms with Crippen molar-refractivity contribution in [2.24, 2.45) is 0 Å². The molecule has 6 heteroatoms. The van der Waals surface area contributed by atoms with Gasteiger partial charge in [0.05, 0.1) is 18.1 Å². The lowest BCUT2D eigenvalue weighted by atomic mass is 10.0. The molecule has 2 aliphatic carbocycles. The minimum absolute atomic E-state index is 0.558. The molecule has 0 radical (unpaired) electrons. The van der Waals surface area contributed by atoms with Crippen molar-refractivity contribution in [3.05, 3.63) is 22.7 Å². The maximum Gasteiger partial charge on any atom is 0.208 e. The zero-order valence-corrected chi connectivity index (χ0v) is 13.6. The van der Waals surface area contributed by atoms with Crippen LogP contribution in [0, 0.1) is 0 Å². The van der Waals surface area contributed by atoms with Crippen molar-refractivity contribution in [3.63, 3.8) is 0 Å². The summed E-state index contributed by atoms with van der Waals surface area (Å²) in [7, 11) is 0. The largest absolute Gasteiger partial charge is 0.344 e. The molecule has 1 saturated heterocycles. The Morgan fingerprint density at radius 3 is 2.91 bits per heavy atom. The van der Waals surface area contributed by atoms with Crippen LogP contribution in [0.3, 0.4) is 0 Å². The van der Waals surface area contributed by atoms with Crippen LogP contribution in [0.1, 0.15) is 60.5 Å². The van der Waals surface area contributed by atoms with Crippen molar-refractivity contribution in [1.29, 1.82) is 0 Å². The van der Waals surface area contributed by atoms with Gasteiger partial charge in [-0.15, -0.1) is 10.2 Å². The van der Waals surface area contributed by atoms with Gasteiger partial charge in [-0.25, -0.2) is 4.98 Å². The average molecular weight is 315 g/mol. The van der Waals surface area contributed by atoms with E-state index in [1.54, 1.807) is 0 Å². The van der Waals surface area contributed by atoms with Gasteiger partial charge < -0.3 is 9.47 Å². The highest BCUT2D eigenvalue weighted by molar-refractivity contribution is 7.15. The summed E-state index contributed by atoms with van der Waals surface area (Å²) in [6.07, 6.45) is 10.9. The van der Waals surface area contributed by atoms with E-state index >= 15 is 0 Å². The molecule has 5 rings (SSSR count). The fourth-order valence-electron chi connectivity index (χ4n) is 3.80. The van der Waals surface area contributed by atoms with Gasteiger partial charge in [0, 0.05) is 24.7 Å². The number of nitrogens with zero attached hydrogens (tertiary/aromatic N) is 5. The Hall–Kier alpha value is -1.43. The number of anilines is 1. The Morgan fingerprint density at radius 1 is 1.09 bits per heavy atom. The van der Waals surface area contributed by atoms with E-state index in [-0.39, 0.29) is 0 Å². The minimum Gasteiger partial charge on any atom is -0.344 e. The highest BCUT2D eigenvalue weighted by atomic mass is 32.1. The second kappa shape index (κ2) is 5.05. The van der Waals surface area contributed by atoms with Gasteiger partial charge in [0.1, 0.15) is 5.01 Å². The molecule has 0 bridgehead atoms. The lowest BCUT2D eigenvalue weighted by Gasteiger charge is -2.19. The molecule has 0 amide bonds. The van der Waals surface area contributed by atoms with Crippen molar-refractivity contribution in [2.75, 3.05) is 18.0 Å². The van der Waals surface area contributed by atoms with E-state index in [9.17, 15) is 0 Å². The Bertz CT molecular complexity index is 687. The van der Waals surface area contributed by atoms with Crippen LogP contribution in [-0.4, -0.2) is 32.8 Å². The van der Waals surface area contributed by atoms with Crippen LogP contribution in [0.2, 0.25) is 0 Å².